The molecule has 0 radical (unpaired) electrons. The van der Waals surface area contributed by atoms with Crippen LogP contribution in [-0.2, 0) is 7.05 Å². The van der Waals surface area contributed by atoms with E-state index in [1.54, 1.807) is 10.7 Å². The van der Waals surface area contributed by atoms with Gasteiger partial charge in [-0.25, -0.2) is 4.98 Å². The minimum atomic E-state index is 0.163. The fourth-order valence-corrected chi connectivity index (χ4v) is 3.53. The van der Waals surface area contributed by atoms with Crippen molar-refractivity contribution in [3.8, 4) is 28.3 Å². The lowest BCUT2D eigenvalue weighted by Gasteiger charge is -2.25. The van der Waals surface area contributed by atoms with Crippen molar-refractivity contribution in [1.29, 1.82) is 0 Å². The quantitative estimate of drug-likeness (QED) is 0.542. The van der Waals surface area contributed by atoms with E-state index in [2.05, 4.69) is 25.6 Å². The molecule has 4 aromatic rings. The first-order valence-corrected chi connectivity index (χ1v) is 10.3. The number of aromatic nitrogens is 5. The Bertz CT molecular complexity index is 1180. The van der Waals surface area contributed by atoms with Gasteiger partial charge in [0.15, 0.2) is 0 Å². The summed E-state index contributed by atoms with van der Waals surface area (Å²) in [6.07, 6.45) is 1.90. The van der Waals surface area contributed by atoms with Gasteiger partial charge >= 0.3 is 0 Å². The number of nitrogens with zero attached hydrogens (tertiary/aromatic N) is 5. The number of rotatable bonds is 3. The maximum Gasteiger partial charge on any atom is 0.125 e. The fraction of sp³-hybridized carbons (Fsp3) is 0.304. The molecule has 1 fully saturated rings. The molecule has 7 heteroatoms. The molecule has 0 unspecified atom stereocenters. The van der Waals surface area contributed by atoms with Crippen LogP contribution in [0.5, 0.6) is 5.75 Å². The number of phenolic OH excluding ortho intramolecular Hbond substituents is 1. The van der Waals surface area contributed by atoms with E-state index in [0.29, 0.717) is 17.2 Å². The maximum atomic E-state index is 10.6. The van der Waals surface area contributed by atoms with Crippen molar-refractivity contribution in [1.82, 2.24) is 30.3 Å². The summed E-state index contributed by atoms with van der Waals surface area (Å²) in [5.74, 6) is 0.602. The summed E-state index contributed by atoms with van der Waals surface area (Å²) in [5, 5.41) is 26.9. The predicted molar refractivity (Wildman–Crippen MR) is 118 cm³/mol. The molecule has 4 heterocycles. The molecule has 0 spiro atoms. The van der Waals surface area contributed by atoms with Crippen molar-refractivity contribution in [3.05, 3.63) is 53.9 Å². The predicted octanol–water partition coefficient (Wildman–Crippen LogP) is 3.82. The van der Waals surface area contributed by atoms with E-state index in [9.17, 15) is 5.11 Å². The summed E-state index contributed by atoms with van der Waals surface area (Å²) < 4.78 is 1.76. The molecule has 7 nitrogen and oxygen atoms in total. The Balaban J connectivity index is 0.00000106. The molecule has 0 saturated carbocycles. The van der Waals surface area contributed by atoms with Crippen molar-refractivity contribution < 1.29 is 5.11 Å². The third-order valence-corrected chi connectivity index (χ3v) is 5.23. The molecule has 1 saturated heterocycles. The van der Waals surface area contributed by atoms with Gasteiger partial charge < -0.3 is 10.4 Å². The van der Waals surface area contributed by atoms with E-state index in [4.69, 9.17) is 0 Å². The highest BCUT2D eigenvalue weighted by atomic mass is 16.3. The van der Waals surface area contributed by atoms with Gasteiger partial charge in [-0.3, -0.25) is 4.68 Å². The number of aryl methyl sites for hydroxylation is 2. The molecular weight excluding hydrogens is 376 g/mol. The Labute approximate surface area is 175 Å². The van der Waals surface area contributed by atoms with Crippen molar-refractivity contribution in [2.24, 2.45) is 7.05 Å². The Kier molecular flexibility index (Phi) is 5.46. The van der Waals surface area contributed by atoms with Gasteiger partial charge in [0.1, 0.15) is 16.8 Å². The molecule has 154 valence electrons. The normalized spacial score (nSPS) is 13.6. The van der Waals surface area contributed by atoms with Crippen molar-refractivity contribution in [3.63, 3.8) is 0 Å². The first-order valence-electron chi connectivity index (χ1n) is 10.3. The maximum absolute atomic E-state index is 10.6. The topological polar surface area (TPSA) is 88.8 Å². The zero-order valence-corrected chi connectivity index (χ0v) is 17.7. The highest BCUT2D eigenvalue weighted by Crippen LogP contribution is 2.33. The van der Waals surface area contributed by atoms with Crippen molar-refractivity contribution in [2.75, 3.05) is 13.1 Å². The summed E-state index contributed by atoms with van der Waals surface area (Å²) in [7, 11) is 1.88. The van der Waals surface area contributed by atoms with Gasteiger partial charge in [0.2, 0.25) is 0 Å². The van der Waals surface area contributed by atoms with E-state index < -0.39 is 0 Å². The number of hydrogen-bond donors (Lipinski definition) is 2. The Morgan fingerprint density at radius 1 is 1.03 bits per heavy atom. The molecule has 1 aliphatic rings. The summed E-state index contributed by atoms with van der Waals surface area (Å²) in [4.78, 5) is 4.69. The first-order chi connectivity index (χ1) is 14.6. The van der Waals surface area contributed by atoms with Crippen molar-refractivity contribution in [2.45, 2.75) is 26.7 Å². The van der Waals surface area contributed by atoms with E-state index >= 15 is 0 Å². The number of fused-ring (bicyclic) bond motifs is 1. The fourth-order valence-electron chi connectivity index (χ4n) is 3.53. The molecule has 0 aliphatic carbocycles. The third kappa shape index (κ3) is 3.64. The van der Waals surface area contributed by atoms with Gasteiger partial charge in [-0.1, -0.05) is 19.9 Å². The van der Waals surface area contributed by atoms with Crippen LogP contribution < -0.4 is 5.32 Å². The number of hydrogen-bond acceptors (Lipinski definition) is 6. The highest BCUT2D eigenvalue weighted by molar-refractivity contribution is 5.82. The van der Waals surface area contributed by atoms with E-state index in [1.807, 2.05) is 64.3 Å². The number of pyridine rings is 1. The number of aromatic hydroxyl groups is 1. The van der Waals surface area contributed by atoms with Crippen LogP contribution in [0, 0.1) is 6.92 Å². The lowest BCUT2D eigenvalue weighted by Crippen LogP contribution is -2.40. The molecule has 5 rings (SSSR count). The molecule has 30 heavy (non-hydrogen) atoms. The third-order valence-electron chi connectivity index (χ3n) is 5.23. The summed E-state index contributed by atoms with van der Waals surface area (Å²) >= 11 is 0. The molecular formula is C23H26N6O. The SMILES string of the molecule is CC.Cc1cc(-c2ccc(-c3ccc(C4CNC4)nn3)c(O)c2)nc2cn(C)nc12. The minimum absolute atomic E-state index is 0.163. The number of benzene rings is 1. The molecule has 0 bridgehead atoms. The second-order valence-corrected chi connectivity index (χ2v) is 7.29. The van der Waals surface area contributed by atoms with Crippen LogP contribution in [0.15, 0.2) is 42.6 Å². The molecule has 0 atom stereocenters. The van der Waals surface area contributed by atoms with E-state index in [-0.39, 0.29) is 5.75 Å². The van der Waals surface area contributed by atoms with Gasteiger partial charge in [0, 0.05) is 37.2 Å². The summed E-state index contributed by atoms with van der Waals surface area (Å²) in [5.41, 5.74) is 6.75. The Hall–Kier alpha value is -3.32. The smallest absolute Gasteiger partial charge is 0.125 e. The molecule has 0 amide bonds. The molecule has 1 aromatic carbocycles. The largest absolute Gasteiger partial charge is 0.507 e. The second-order valence-electron chi connectivity index (χ2n) is 7.29. The zero-order chi connectivity index (χ0) is 21.3. The lowest BCUT2D eigenvalue weighted by molar-refractivity contribution is 0.436. The first kappa shape index (κ1) is 20.0. The molecule has 2 N–H and O–H groups in total. The van der Waals surface area contributed by atoms with Crippen LogP contribution in [0.3, 0.4) is 0 Å². The molecule has 3 aromatic heterocycles. The van der Waals surface area contributed by atoms with Crippen LogP contribution in [0.1, 0.15) is 31.0 Å². The monoisotopic (exact) mass is 402 g/mol. The number of phenols is 1. The van der Waals surface area contributed by atoms with Crippen molar-refractivity contribution >= 4 is 11.0 Å². The van der Waals surface area contributed by atoms with Crippen LogP contribution in [0.25, 0.3) is 33.5 Å². The zero-order valence-electron chi connectivity index (χ0n) is 17.7. The average molecular weight is 403 g/mol. The van der Waals surface area contributed by atoms with Gasteiger partial charge in [-0.15, -0.1) is 0 Å². The van der Waals surface area contributed by atoms with Crippen LogP contribution >= 0.6 is 0 Å². The van der Waals surface area contributed by atoms with Crippen LogP contribution in [0.4, 0.5) is 0 Å². The minimum Gasteiger partial charge on any atom is -0.507 e. The lowest BCUT2D eigenvalue weighted by atomic mass is 9.98. The Morgan fingerprint density at radius 3 is 2.47 bits per heavy atom. The Morgan fingerprint density at radius 2 is 1.83 bits per heavy atom. The molecule has 1 aliphatic heterocycles. The second kappa shape index (κ2) is 8.20. The number of nitrogens with one attached hydrogen (secondary N) is 1. The summed E-state index contributed by atoms with van der Waals surface area (Å²) in [6, 6.07) is 11.4. The van der Waals surface area contributed by atoms with Crippen LogP contribution in [-0.4, -0.2) is 43.2 Å². The van der Waals surface area contributed by atoms with Crippen LogP contribution in [0.2, 0.25) is 0 Å². The van der Waals surface area contributed by atoms with Gasteiger partial charge in [0.05, 0.1) is 23.3 Å². The highest BCUT2D eigenvalue weighted by Gasteiger charge is 2.21. The van der Waals surface area contributed by atoms with Gasteiger partial charge in [-0.2, -0.15) is 15.3 Å². The van der Waals surface area contributed by atoms with E-state index in [0.717, 1.165) is 46.6 Å². The van der Waals surface area contributed by atoms with Gasteiger partial charge in [0.25, 0.3) is 0 Å². The van der Waals surface area contributed by atoms with E-state index in [1.165, 1.54) is 0 Å². The standard InChI is InChI=1S/C21H20N6O.C2H6/c1-12-7-18(23-19-11-27(2)26-21(12)19)13-3-4-15(20(28)8-13)17-6-5-16(24-25-17)14-9-22-10-14;1-2/h3-8,11,14,22,28H,9-10H2,1-2H3;1-2H3. The van der Waals surface area contributed by atoms with Gasteiger partial charge in [-0.05, 0) is 42.8 Å². The average Bonchev–Trinajstić information content (AvgIpc) is 3.10. The summed E-state index contributed by atoms with van der Waals surface area (Å²) in [6.45, 7) is 7.91.